The summed E-state index contributed by atoms with van der Waals surface area (Å²) in [5.74, 6) is 0.409. The number of allylic oxidation sites excluding steroid dienone is 1. The van der Waals surface area contributed by atoms with Gasteiger partial charge in [-0.3, -0.25) is 9.36 Å². The molecule has 2 heterocycles. The smallest absolute Gasteiger partial charge is 0.192 e. The summed E-state index contributed by atoms with van der Waals surface area (Å²) in [6.07, 6.45) is 1.92. The summed E-state index contributed by atoms with van der Waals surface area (Å²) >= 11 is 1.23. The number of para-hydroxylation sites is 2. The number of benzene rings is 2. The Bertz CT molecular complexity index is 1290. The van der Waals surface area contributed by atoms with Gasteiger partial charge in [-0.25, -0.2) is 4.39 Å². The van der Waals surface area contributed by atoms with Crippen molar-refractivity contribution in [1.29, 1.82) is 5.26 Å². The second-order valence-electron chi connectivity index (χ2n) is 8.02. The molecule has 33 heavy (non-hydrogen) atoms. The number of fused-ring (bicyclic) bond motifs is 1. The van der Waals surface area contributed by atoms with Crippen LogP contribution < -0.4 is 9.80 Å². The van der Waals surface area contributed by atoms with Crippen LogP contribution >= 0.6 is 11.8 Å². The van der Waals surface area contributed by atoms with Crippen LogP contribution in [0.2, 0.25) is 0 Å². The molecular formula is C24H21FN6OS. The highest BCUT2D eigenvalue weighted by Gasteiger charge is 2.33. The summed E-state index contributed by atoms with van der Waals surface area (Å²) in [6.45, 7) is 0. The zero-order valence-electron chi connectivity index (χ0n) is 18.2. The van der Waals surface area contributed by atoms with Crippen LogP contribution in [0.4, 0.5) is 15.8 Å². The van der Waals surface area contributed by atoms with E-state index in [-0.39, 0.29) is 29.0 Å². The molecule has 166 valence electrons. The van der Waals surface area contributed by atoms with Crippen molar-refractivity contribution in [2.24, 2.45) is 0 Å². The fourth-order valence-corrected chi connectivity index (χ4v) is 5.00. The van der Waals surface area contributed by atoms with E-state index in [1.807, 2.05) is 52.7 Å². The number of nitrogens with zero attached hydrogens (tertiary/aromatic N) is 6. The molecule has 5 rings (SSSR count). The van der Waals surface area contributed by atoms with E-state index in [2.05, 4.69) is 16.3 Å². The number of carbonyl (C=O) groups is 1. The Kier molecular flexibility index (Phi) is 5.38. The molecule has 0 unspecified atom stereocenters. The number of aromatic nitrogens is 3. The van der Waals surface area contributed by atoms with Gasteiger partial charge in [0.2, 0.25) is 0 Å². The van der Waals surface area contributed by atoms with Crippen molar-refractivity contribution in [2.75, 3.05) is 29.6 Å². The van der Waals surface area contributed by atoms with E-state index in [1.54, 1.807) is 18.2 Å². The van der Waals surface area contributed by atoms with E-state index >= 15 is 0 Å². The van der Waals surface area contributed by atoms with Gasteiger partial charge in [-0.2, -0.15) is 5.26 Å². The molecular weight excluding hydrogens is 439 g/mol. The van der Waals surface area contributed by atoms with Crippen molar-refractivity contribution in [3.8, 4) is 17.5 Å². The highest BCUT2D eigenvalue weighted by Crippen LogP contribution is 2.42. The lowest BCUT2D eigenvalue weighted by Gasteiger charge is -2.19. The van der Waals surface area contributed by atoms with E-state index in [0.717, 1.165) is 24.2 Å². The van der Waals surface area contributed by atoms with E-state index < -0.39 is 0 Å². The molecule has 0 saturated heterocycles. The first kappa shape index (κ1) is 21.2. The van der Waals surface area contributed by atoms with Crippen molar-refractivity contribution in [1.82, 2.24) is 14.8 Å². The molecule has 1 fully saturated rings. The number of rotatable bonds is 6. The topological polar surface area (TPSA) is 78.0 Å². The molecule has 0 atom stereocenters. The highest BCUT2D eigenvalue weighted by atomic mass is 32.2. The van der Waals surface area contributed by atoms with Crippen molar-refractivity contribution >= 4 is 28.9 Å². The fourth-order valence-electron chi connectivity index (χ4n) is 4.12. The van der Waals surface area contributed by atoms with Crippen LogP contribution in [0.25, 0.3) is 11.4 Å². The molecule has 1 saturated carbocycles. The van der Waals surface area contributed by atoms with E-state index in [1.165, 1.54) is 17.8 Å². The van der Waals surface area contributed by atoms with E-state index in [9.17, 15) is 14.4 Å². The Hall–Kier alpha value is -3.64. The largest absolute Gasteiger partial charge is 0.328 e. The lowest BCUT2D eigenvalue weighted by Crippen LogP contribution is -2.26. The van der Waals surface area contributed by atoms with Gasteiger partial charge in [-0.1, -0.05) is 36.0 Å². The Labute approximate surface area is 195 Å². The minimum Gasteiger partial charge on any atom is -0.328 e. The second-order valence-corrected chi connectivity index (χ2v) is 8.96. The van der Waals surface area contributed by atoms with Gasteiger partial charge in [0.25, 0.3) is 0 Å². The summed E-state index contributed by atoms with van der Waals surface area (Å²) in [5.41, 5.74) is 2.36. The second kappa shape index (κ2) is 8.37. The Morgan fingerprint density at radius 2 is 1.73 bits per heavy atom. The van der Waals surface area contributed by atoms with E-state index in [0.29, 0.717) is 22.4 Å². The molecule has 7 nitrogen and oxygen atoms in total. The predicted molar refractivity (Wildman–Crippen MR) is 125 cm³/mol. The lowest BCUT2D eigenvalue weighted by atomic mass is 10.2. The van der Waals surface area contributed by atoms with Crippen LogP contribution in [0.5, 0.6) is 0 Å². The zero-order chi connectivity index (χ0) is 23.1. The van der Waals surface area contributed by atoms with E-state index in [4.69, 9.17) is 0 Å². The van der Waals surface area contributed by atoms with Gasteiger partial charge in [0.05, 0.1) is 22.7 Å². The molecule has 0 spiro atoms. The van der Waals surface area contributed by atoms with Crippen molar-refractivity contribution in [3.63, 3.8) is 0 Å². The van der Waals surface area contributed by atoms with Crippen LogP contribution in [0.3, 0.4) is 0 Å². The average Bonchev–Trinajstić information content (AvgIpc) is 3.54. The number of nitriles is 1. The van der Waals surface area contributed by atoms with Crippen LogP contribution in [0, 0.1) is 17.1 Å². The average molecular weight is 461 g/mol. The molecule has 2 aliphatic rings. The summed E-state index contributed by atoms with van der Waals surface area (Å²) < 4.78 is 16.3. The molecule has 0 radical (unpaired) electrons. The number of carbonyl (C=O) groups excluding carboxylic acids is 1. The molecule has 9 heteroatoms. The first-order valence-electron chi connectivity index (χ1n) is 10.6. The van der Waals surface area contributed by atoms with Gasteiger partial charge in [-0.05, 0) is 37.1 Å². The summed E-state index contributed by atoms with van der Waals surface area (Å²) in [5, 5.41) is 18.9. The normalized spacial score (nSPS) is 14.9. The van der Waals surface area contributed by atoms with Gasteiger partial charge in [0.1, 0.15) is 23.3 Å². The van der Waals surface area contributed by atoms with Gasteiger partial charge in [-0.15, -0.1) is 10.2 Å². The van der Waals surface area contributed by atoms with Gasteiger partial charge in [0.15, 0.2) is 16.8 Å². The Balaban J connectivity index is 1.41. The monoisotopic (exact) mass is 460 g/mol. The van der Waals surface area contributed by atoms with Crippen molar-refractivity contribution < 1.29 is 9.18 Å². The number of ketones is 1. The lowest BCUT2D eigenvalue weighted by molar-refractivity contribution is -0.112. The molecule has 0 N–H and O–H groups in total. The fraction of sp³-hybridized carbons (Fsp3) is 0.250. The molecule has 2 aromatic carbocycles. The molecule has 1 aromatic heterocycles. The first-order valence-corrected chi connectivity index (χ1v) is 11.6. The minimum absolute atomic E-state index is 0.0343. The zero-order valence-corrected chi connectivity index (χ0v) is 19.0. The Morgan fingerprint density at radius 3 is 2.33 bits per heavy atom. The van der Waals surface area contributed by atoms with Crippen LogP contribution in [0.15, 0.2) is 65.1 Å². The Morgan fingerprint density at radius 1 is 1.09 bits per heavy atom. The number of anilines is 2. The molecule has 0 amide bonds. The number of Topliss-reactive ketones (excluding diaryl/α,β-unsaturated/α-hetero) is 1. The van der Waals surface area contributed by atoms with Gasteiger partial charge < -0.3 is 9.80 Å². The molecule has 0 bridgehead atoms. The van der Waals surface area contributed by atoms with Crippen LogP contribution in [0.1, 0.15) is 18.9 Å². The van der Waals surface area contributed by atoms with Crippen molar-refractivity contribution in [2.45, 2.75) is 24.0 Å². The van der Waals surface area contributed by atoms with Gasteiger partial charge >= 0.3 is 0 Å². The first-order chi connectivity index (χ1) is 16.0. The number of hydrogen-bond acceptors (Lipinski definition) is 7. The maximum Gasteiger partial charge on any atom is 0.192 e. The standard InChI is InChI=1S/C24H21FN6OS/c1-29-19-9-5-6-10-20(19)30(2)23(29)17(13-26)21(32)14-33-24-28-27-22(31(24)15-11-12-15)16-7-3-4-8-18(16)25/h3-10,15H,11-12,14H2,1-2H3. The third kappa shape index (κ3) is 3.66. The molecule has 3 aromatic rings. The number of hydrogen-bond donors (Lipinski definition) is 0. The number of halogens is 1. The summed E-state index contributed by atoms with van der Waals surface area (Å²) in [6, 6.07) is 16.5. The third-order valence-corrected chi connectivity index (χ3v) is 6.82. The maximum atomic E-state index is 14.4. The predicted octanol–water partition coefficient (Wildman–Crippen LogP) is 4.40. The third-order valence-electron chi connectivity index (χ3n) is 5.88. The summed E-state index contributed by atoms with van der Waals surface area (Å²) in [7, 11) is 3.69. The van der Waals surface area contributed by atoms with Crippen LogP contribution in [-0.4, -0.2) is 40.4 Å². The highest BCUT2D eigenvalue weighted by molar-refractivity contribution is 7.99. The van der Waals surface area contributed by atoms with Crippen LogP contribution in [-0.2, 0) is 4.79 Å². The molecule has 1 aliphatic carbocycles. The molecule has 1 aliphatic heterocycles. The van der Waals surface area contributed by atoms with Gasteiger partial charge in [0, 0.05) is 20.1 Å². The SMILES string of the molecule is CN1C(=C(C#N)C(=O)CSc2nnc(-c3ccccc3F)n2C2CC2)N(C)c2ccccc21. The van der Waals surface area contributed by atoms with Crippen molar-refractivity contribution in [3.05, 3.63) is 65.7 Å². The quantitative estimate of drug-likeness (QED) is 0.306. The summed E-state index contributed by atoms with van der Waals surface area (Å²) in [4.78, 5) is 16.9. The minimum atomic E-state index is -0.359. The number of thioether (sulfide) groups is 1. The maximum absolute atomic E-state index is 14.4.